The second kappa shape index (κ2) is 12.7. The minimum atomic E-state index is -0.756. The summed E-state index contributed by atoms with van der Waals surface area (Å²) in [6.07, 6.45) is 7.40. The minimum absolute atomic E-state index is 0.111. The van der Waals surface area contributed by atoms with E-state index in [1.54, 1.807) is 0 Å². The predicted octanol–water partition coefficient (Wildman–Crippen LogP) is 7.36. The summed E-state index contributed by atoms with van der Waals surface area (Å²) >= 11 is 0. The van der Waals surface area contributed by atoms with Crippen molar-refractivity contribution in [3.05, 3.63) is 78.5 Å². The standard InChI is InChI=1S/C37H51N4O4/c1-8-37(30-17-16-29-24-38-39-32(29)23-30)31(28-18-20-40(21-19-28)25-33(42)44-35(2,3)4)15-12-22-41(37,34(43)45-36(5,6)7)26-27-13-10-9-11-14-27/h8-11,13-14,16-17,23-24,28,31H,1,12,15,18-22,25-26H2,2-7H3,(H,38,39)/q+1. The van der Waals surface area contributed by atoms with Crippen LogP contribution in [0.5, 0.6) is 0 Å². The van der Waals surface area contributed by atoms with Crippen LogP contribution in [0, 0.1) is 11.8 Å². The Kier molecular flexibility index (Phi) is 9.30. The molecule has 8 heteroatoms. The molecule has 2 aliphatic heterocycles. The third kappa shape index (κ3) is 6.87. The molecule has 3 unspecified atom stereocenters. The maximum Gasteiger partial charge on any atom is 0.517 e. The number of piperidine rings is 2. The first-order valence-electron chi connectivity index (χ1n) is 16.4. The number of ether oxygens (including phenoxy) is 2. The molecule has 2 saturated heterocycles. The molecular weight excluding hydrogens is 564 g/mol. The zero-order valence-electron chi connectivity index (χ0n) is 28.0. The minimum Gasteiger partial charge on any atom is -0.459 e. The molecule has 0 saturated carbocycles. The molecule has 0 aliphatic carbocycles. The van der Waals surface area contributed by atoms with Crippen LogP contribution in [0.1, 0.15) is 78.4 Å². The Morgan fingerprint density at radius 3 is 2.36 bits per heavy atom. The van der Waals surface area contributed by atoms with Crippen LogP contribution in [0.25, 0.3) is 10.9 Å². The van der Waals surface area contributed by atoms with E-state index in [0.717, 1.165) is 60.8 Å². The molecule has 2 aliphatic rings. The number of aromatic amines is 1. The Balaban J connectivity index is 1.59. The van der Waals surface area contributed by atoms with E-state index in [1.807, 2.05) is 65.9 Å². The van der Waals surface area contributed by atoms with E-state index in [2.05, 4.69) is 58.1 Å². The van der Waals surface area contributed by atoms with Gasteiger partial charge in [-0.15, -0.1) is 0 Å². The van der Waals surface area contributed by atoms with Gasteiger partial charge in [-0.2, -0.15) is 9.89 Å². The molecule has 3 atom stereocenters. The van der Waals surface area contributed by atoms with Crippen LogP contribution in [0.4, 0.5) is 4.79 Å². The number of fused-ring (bicyclic) bond motifs is 1. The average molecular weight is 616 g/mol. The molecule has 0 spiro atoms. The van der Waals surface area contributed by atoms with Gasteiger partial charge < -0.3 is 9.47 Å². The topological polar surface area (TPSA) is 84.5 Å². The number of benzene rings is 2. The number of hydrogen-bond donors (Lipinski definition) is 1. The molecule has 45 heavy (non-hydrogen) atoms. The summed E-state index contributed by atoms with van der Waals surface area (Å²) in [5, 5.41) is 8.48. The summed E-state index contributed by atoms with van der Waals surface area (Å²) in [5.41, 5.74) is 1.17. The van der Waals surface area contributed by atoms with Gasteiger partial charge in [0.25, 0.3) is 0 Å². The highest BCUT2D eigenvalue weighted by Gasteiger charge is 2.64. The number of aromatic nitrogens is 2. The molecule has 1 aromatic heterocycles. The van der Waals surface area contributed by atoms with Gasteiger partial charge in [-0.25, -0.2) is 4.48 Å². The second-order valence-electron chi connectivity index (χ2n) is 15.0. The largest absolute Gasteiger partial charge is 0.517 e. The fourth-order valence-electron chi connectivity index (χ4n) is 7.82. The fourth-order valence-corrected chi connectivity index (χ4v) is 7.82. The smallest absolute Gasteiger partial charge is 0.459 e. The van der Waals surface area contributed by atoms with Gasteiger partial charge in [-0.05, 0) is 98.4 Å². The van der Waals surface area contributed by atoms with Crippen molar-refractivity contribution >= 4 is 23.0 Å². The van der Waals surface area contributed by atoms with E-state index in [9.17, 15) is 9.59 Å². The number of quaternary nitrogens is 1. The van der Waals surface area contributed by atoms with E-state index in [1.165, 1.54) is 0 Å². The van der Waals surface area contributed by atoms with Crippen molar-refractivity contribution in [3.8, 4) is 0 Å². The normalized spacial score (nSPS) is 25.2. The highest BCUT2D eigenvalue weighted by Crippen LogP contribution is 2.55. The highest BCUT2D eigenvalue weighted by molar-refractivity contribution is 5.79. The van der Waals surface area contributed by atoms with Crippen molar-refractivity contribution in [1.29, 1.82) is 0 Å². The van der Waals surface area contributed by atoms with Gasteiger partial charge in [0.2, 0.25) is 0 Å². The maximum atomic E-state index is 14.8. The molecule has 0 bridgehead atoms. The Bertz CT molecular complexity index is 1500. The summed E-state index contributed by atoms with van der Waals surface area (Å²) in [7, 11) is 0. The summed E-state index contributed by atoms with van der Waals surface area (Å²) < 4.78 is 12.1. The van der Waals surface area contributed by atoms with Gasteiger partial charge in [0.1, 0.15) is 17.7 Å². The van der Waals surface area contributed by atoms with Gasteiger partial charge in [0, 0.05) is 22.4 Å². The molecule has 5 rings (SSSR count). The molecule has 8 nitrogen and oxygen atoms in total. The summed E-state index contributed by atoms with van der Waals surface area (Å²) in [4.78, 5) is 29.7. The van der Waals surface area contributed by atoms with Gasteiger partial charge in [-0.1, -0.05) is 49.0 Å². The Morgan fingerprint density at radius 1 is 1.02 bits per heavy atom. The zero-order valence-corrected chi connectivity index (χ0v) is 28.0. The number of likely N-dealkylation sites (tertiary alicyclic amines) is 2. The molecule has 242 valence electrons. The fraction of sp³-hybridized carbons (Fsp3) is 0.541. The Labute approximate surface area is 268 Å². The Morgan fingerprint density at radius 2 is 1.71 bits per heavy atom. The molecule has 1 amide bonds. The number of nitrogens with one attached hydrogen (secondary N) is 1. The molecule has 2 aromatic carbocycles. The summed E-state index contributed by atoms with van der Waals surface area (Å²) in [5.74, 6) is 0.269. The molecular formula is C37H51N4O4+. The van der Waals surface area contributed by atoms with E-state index < -0.39 is 16.7 Å². The lowest BCUT2D eigenvalue weighted by Gasteiger charge is -2.58. The lowest BCUT2D eigenvalue weighted by atomic mass is 9.62. The van der Waals surface area contributed by atoms with Crippen LogP contribution in [-0.4, -0.2) is 69.0 Å². The number of amides is 1. The molecule has 0 radical (unpaired) electrons. The third-order valence-corrected chi connectivity index (χ3v) is 9.56. The van der Waals surface area contributed by atoms with Crippen LogP contribution in [0.15, 0.2) is 67.4 Å². The van der Waals surface area contributed by atoms with Crippen LogP contribution in [-0.2, 0) is 26.4 Å². The van der Waals surface area contributed by atoms with Crippen LogP contribution in [0.2, 0.25) is 0 Å². The maximum absolute atomic E-state index is 14.8. The third-order valence-electron chi connectivity index (χ3n) is 9.56. The van der Waals surface area contributed by atoms with Gasteiger partial charge >= 0.3 is 12.1 Å². The first-order valence-corrected chi connectivity index (χ1v) is 16.4. The highest BCUT2D eigenvalue weighted by atomic mass is 16.6. The number of nitrogens with zero attached hydrogens (tertiary/aromatic N) is 3. The van der Waals surface area contributed by atoms with Crippen LogP contribution < -0.4 is 0 Å². The number of carbonyl (C=O) groups excluding carboxylic acids is 2. The average Bonchev–Trinajstić information content (AvgIpc) is 3.44. The molecule has 3 aromatic rings. The number of hydrogen-bond acceptors (Lipinski definition) is 6. The van der Waals surface area contributed by atoms with Crippen molar-refractivity contribution in [2.24, 2.45) is 11.8 Å². The van der Waals surface area contributed by atoms with Crippen molar-refractivity contribution < 1.29 is 23.5 Å². The predicted molar refractivity (Wildman–Crippen MR) is 177 cm³/mol. The molecule has 1 N–H and O–H groups in total. The first-order chi connectivity index (χ1) is 21.3. The first kappa shape index (κ1) is 32.9. The lowest BCUT2D eigenvalue weighted by molar-refractivity contribution is -0.934. The lowest BCUT2D eigenvalue weighted by Crippen LogP contribution is -2.71. The van der Waals surface area contributed by atoms with Crippen molar-refractivity contribution in [3.63, 3.8) is 0 Å². The van der Waals surface area contributed by atoms with Crippen LogP contribution in [0.3, 0.4) is 0 Å². The summed E-state index contributed by atoms with van der Waals surface area (Å²) in [6, 6.07) is 16.7. The molecule has 2 fully saturated rings. The van der Waals surface area contributed by atoms with Crippen LogP contribution >= 0.6 is 0 Å². The Hall–Kier alpha value is -3.49. The quantitative estimate of drug-likeness (QED) is 0.170. The number of esters is 1. The van der Waals surface area contributed by atoms with E-state index in [0.29, 0.717) is 25.6 Å². The summed E-state index contributed by atoms with van der Waals surface area (Å²) in [6.45, 7) is 19.1. The van der Waals surface area contributed by atoms with Gasteiger partial charge in [0.15, 0.2) is 5.54 Å². The van der Waals surface area contributed by atoms with Gasteiger partial charge in [-0.3, -0.25) is 14.8 Å². The van der Waals surface area contributed by atoms with E-state index >= 15 is 0 Å². The molecule has 3 heterocycles. The zero-order chi connectivity index (χ0) is 32.5. The monoisotopic (exact) mass is 615 g/mol. The number of carbonyl (C=O) groups is 2. The number of rotatable bonds is 7. The van der Waals surface area contributed by atoms with Crippen molar-refractivity contribution in [2.75, 3.05) is 26.2 Å². The van der Waals surface area contributed by atoms with Crippen molar-refractivity contribution in [1.82, 2.24) is 15.1 Å². The van der Waals surface area contributed by atoms with Crippen molar-refractivity contribution in [2.45, 2.75) is 90.5 Å². The van der Waals surface area contributed by atoms with E-state index in [-0.39, 0.29) is 22.5 Å². The SMILES string of the molecule is C=CC1(c2ccc3cn[nH]c3c2)C(C2CCN(CC(=O)OC(C)(C)C)CC2)CCC[N+]1(Cc1ccccc1)C(=O)OC(C)(C)C. The van der Waals surface area contributed by atoms with E-state index in [4.69, 9.17) is 9.47 Å². The van der Waals surface area contributed by atoms with Gasteiger partial charge in [0.05, 0.1) is 24.8 Å². The second-order valence-corrected chi connectivity index (χ2v) is 15.0. The number of H-pyrrole nitrogens is 1.